The smallest absolute Gasteiger partial charge is 0.286 e. The number of carbonyl (C=O) groups is 1. The van der Waals surface area contributed by atoms with Gasteiger partial charge in [-0.25, -0.2) is 9.97 Å². The highest BCUT2D eigenvalue weighted by Gasteiger charge is 2.42. The Balaban J connectivity index is 1.62. The molecular formula is C13H15N5O2. The first kappa shape index (κ1) is 11.6. The van der Waals surface area contributed by atoms with Crippen LogP contribution in [0.15, 0.2) is 17.3 Å². The van der Waals surface area contributed by atoms with Crippen molar-refractivity contribution in [2.75, 3.05) is 0 Å². The van der Waals surface area contributed by atoms with Crippen LogP contribution in [0.1, 0.15) is 36.0 Å². The average Bonchev–Trinajstić information content (AvgIpc) is 3.35. The van der Waals surface area contributed by atoms with Gasteiger partial charge in [-0.2, -0.15) is 4.52 Å². The number of carbonyl (C=O) groups excluding carboxylic acids is 1. The minimum absolute atomic E-state index is 0.0676. The Hall–Kier alpha value is -2.18. The van der Waals surface area contributed by atoms with E-state index in [0.29, 0.717) is 11.8 Å². The summed E-state index contributed by atoms with van der Waals surface area (Å²) in [6.07, 6.45) is 7.40. The zero-order valence-electron chi connectivity index (χ0n) is 10.9. The Bertz CT molecular complexity index is 714. The summed E-state index contributed by atoms with van der Waals surface area (Å²) >= 11 is 0. The van der Waals surface area contributed by atoms with Crippen LogP contribution in [0.5, 0.6) is 0 Å². The van der Waals surface area contributed by atoms with Crippen LogP contribution in [0, 0.1) is 11.8 Å². The predicted molar refractivity (Wildman–Crippen MR) is 70.3 cm³/mol. The molecule has 4 rings (SSSR count). The lowest BCUT2D eigenvalue weighted by atomic mass is 10.1. The third-order valence-corrected chi connectivity index (χ3v) is 4.11. The summed E-state index contributed by atoms with van der Waals surface area (Å²) in [5.74, 6) is 1.14. The van der Waals surface area contributed by atoms with Gasteiger partial charge in [-0.05, 0) is 37.5 Å². The molecule has 7 nitrogen and oxygen atoms in total. The third kappa shape index (κ3) is 1.90. The maximum Gasteiger partial charge on any atom is 0.286 e. The number of H-pyrrole nitrogens is 1. The number of nitrogens with one attached hydrogen (secondary N) is 2. The Morgan fingerprint density at radius 2 is 2.00 bits per heavy atom. The molecule has 2 aliphatic rings. The van der Waals surface area contributed by atoms with Crippen LogP contribution in [-0.4, -0.2) is 31.5 Å². The molecule has 104 valence electrons. The van der Waals surface area contributed by atoms with Crippen molar-refractivity contribution in [1.29, 1.82) is 0 Å². The van der Waals surface area contributed by atoms with E-state index in [-0.39, 0.29) is 23.3 Å². The van der Waals surface area contributed by atoms with Crippen LogP contribution in [0.2, 0.25) is 0 Å². The lowest BCUT2D eigenvalue weighted by Crippen LogP contribution is -2.41. The summed E-state index contributed by atoms with van der Waals surface area (Å²) in [5, 5.41) is 5.69. The molecule has 0 bridgehead atoms. The molecule has 0 unspecified atom stereocenters. The molecular weight excluding hydrogens is 258 g/mol. The molecule has 2 N–H and O–H groups in total. The minimum Gasteiger partial charge on any atom is -0.349 e. The standard InChI is InChI=1S/C13H15N5O2/c19-11(17-10(7-1-2-7)8-3-4-8)9-5-14-13-15-6-16-18(13)12(9)20/h5-8,10H,1-4H2,(H,17,19)(H,14,15,16). The predicted octanol–water partition coefficient (Wildman–Crippen LogP) is 0.336. The second-order valence-corrected chi connectivity index (χ2v) is 5.67. The second-order valence-electron chi connectivity index (χ2n) is 5.67. The van der Waals surface area contributed by atoms with Crippen molar-refractivity contribution in [3.05, 3.63) is 28.4 Å². The Morgan fingerprint density at radius 3 is 2.65 bits per heavy atom. The van der Waals surface area contributed by atoms with Crippen molar-refractivity contribution in [3.63, 3.8) is 0 Å². The van der Waals surface area contributed by atoms with Gasteiger partial charge in [0.2, 0.25) is 0 Å². The molecule has 0 atom stereocenters. The van der Waals surface area contributed by atoms with E-state index < -0.39 is 5.56 Å². The van der Waals surface area contributed by atoms with E-state index in [1.54, 1.807) is 0 Å². The van der Waals surface area contributed by atoms with Crippen LogP contribution < -0.4 is 10.9 Å². The number of hydrogen-bond acceptors (Lipinski definition) is 4. The first-order valence-electron chi connectivity index (χ1n) is 6.96. The molecule has 7 heteroatoms. The Labute approximate surface area is 114 Å². The van der Waals surface area contributed by atoms with Gasteiger partial charge >= 0.3 is 0 Å². The fourth-order valence-corrected chi connectivity index (χ4v) is 2.71. The number of rotatable bonds is 4. The van der Waals surface area contributed by atoms with E-state index in [1.807, 2.05) is 0 Å². The summed E-state index contributed by atoms with van der Waals surface area (Å²) in [6, 6.07) is 0.226. The molecule has 0 aliphatic heterocycles. The average molecular weight is 273 g/mol. The van der Waals surface area contributed by atoms with Crippen LogP contribution in [0.4, 0.5) is 0 Å². The van der Waals surface area contributed by atoms with Gasteiger partial charge in [0.15, 0.2) is 0 Å². The van der Waals surface area contributed by atoms with Crippen LogP contribution >= 0.6 is 0 Å². The van der Waals surface area contributed by atoms with Crippen molar-refractivity contribution >= 4 is 11.7 Å². The topological polar surface area (TPSA) is 92.2 Å². The normalized spacial score (nSPS) is 18.6. The van der Waals surface area contributed by atoms with Crippen molar-refractivity contribution in [2.45, 2.75) is 31.7 Å². The van der Waals surface area contributed by atoms with E-state index in [9.17, 15) is 9.59 Å². The molecule has 2 aromatic heterocycles. The van der Waals surface area contributed by atoms with Gasteiger partial charge in [-0.15, -0.1) is 0 Å². The van der Waals surface area contributed by atoms with Crippen molar-refractivity contribution in [1.82, 2.24) is 24.9 Å². The first-order valence-corrected chi connectivity index (χ1v) is 6.96. The first-order chi connectivity index (χ1) is 9.74. The summed E-state index contributed by atoms with van der Waals surface area (Å²) in [5.41, 5.74) is -0.339. The molecule has 0 radical (unpaired) electrons. The highest BCUT2D eigenvalue weighted by Crippen LogP contribution is 2.44. The number of nitrogens with zero attached hydrogens (tertiary/aromatic N) is 3. The molecule has 2 fully saturated rings. The number of aromatic nitrogens is 4. The van der Waals surface area contributed by atoms with Gasteiger partial charge in [-0.3, -0.25) is 14.7 Å². The Kier molecular flexibility index (Phi) is 2.42. The van der Waals surface area contributed by atoms with Gasteiger partial charge in [0.25, 0.3) is 17.2 Å². The number of fused-ring (bicyclic) bond motifs is 1. The van der Waals surface area contributed by atoms with Crippen molar-refractivity contribution in [2.24, 2.45) is 11.8 Å². The molecule has 2 heterocycles. The lowest BCUT2D eigenvalue weighted by Gasteiger charge is -2.17. The van der Waals surface area contributed by atoms with Crippen LogP contribution in [0.25, 0.3) is 5.78 Å². The van der Waals surface area contributed by atoms with Crippen molar-refractivity contribution < 1.29 is 4.79 Å². The van der Waals surface area contributed by atoms with Gasteiger partial charge in [0.1, 0.15) is 11.9 Å². The third-order valence-electron chi connectivity index (χ3n) is 4.11. The minimum atomic E-state index is -0.407. The zero-order valence-corrected chi connectivity index (χ0v) is 10.9. The Morgan fingerprint density at radius 1 is 1.30 bits per heavy atom. The van der Waals surface area contributed by atoms with E-state index in [0.717, 1.165) is 0 Å². The summed E-state index contributed by atoms with van der Waals surface area (Å²) in [4.78, 5) is 32.4. The second kappa shape index (κ2) is 4.16. The van der Waals surface area contributed by atoms with Gasteiger partial charge in [0, 0.05) is 12.2 Å². The van der Waals surface area contributed by atoms with E-state index >= 15 is 0 Å². The summed E-state index contributed by atoms with van der Waals surface area (Å²) < 4.78 is 1.18. The molecule has 0 saturated heterocycles. The largest absolute Gasteiger partial charge is 0.349 e. The number of aromatic amines is 1. The molecule has 0 spiro atoms. The van der Waals surface area contributed by atoms with E-state index in [1.165, 1.54) is 42.7 Å². The molecule has 1 amide bonds. The van der Waals surface area contributed by atoms with Crippen LogP contribution in [0.3, 0.4) is 0 Å². The van der Waals surface area contributed by atoms with Crippen molar-refractivity contribution in [3.8, 4) is 0 Å². The van der Waals surface area contributed by atoms with Gasteiger partial charge < -0.3 is 5.32 Å². The number of hydrogen-bond donors (Lipinski definition) is 2. The molecule has 0 aromatic carbocycles. The van der Waals surface area contributed by atoms with Crippen LogP contribution in [-0.2, 0) is 0 Å². The fraction of sp³-hybridized carbons (Fsp3) is 0.538. The molecule has 20 heavy (non-hydrogen) atoms. The van der Waals surface area contributed by atoms with Gasteiger partial charge in [0.05, 0.1) is 0 Å². The maximum absolute atomic E-state index is 12.3. The quantitative estimate of drug-likeness (QED) is 0.840. The van der Waals surface area contributed by atoms with E-state index in [4.69, 9.17) is 0 Å². The van der Waals surface area contributed by atoms with Gasteiger partial charge in [-0.1, -0.05) is 0 Å². The zero-order chi connectivity index (χ0) is 13.7. The lowest BCUT2D eigenvalue weighted by molar-refractivity contribution is 0.0924. The van der Waals surface area contributed by atoms with E-state index in [2.05, 4.69) is 20.4 Å². The molecule has 2 aromatic rings. The molecule has 2 saturated carbocycles. The maximum atomic E-state index is 12.3. The summed E-state index contributed by atoms with van der Waals surface area (Å²) in [7, 11) is 0. The monoisotopic (exact) mass is 273 g/mol. The highest BCUT2D eigenvalue weighted by molar-refractivity contribution is 5.93. The fourth-order valence-electron chi connectivity index (χ4n) is 2.71. The summed E-state index contributed by atoms with van der Waals surface area (Å²) in [6.45, 7) is 0. The highest BCUT2D eigenvalue weighted by atomic mass is 16.2. The molecule has 2 aliphatic carbocycles. The number of amides is 1. The SMILES string of the molecule is O=C(NC(C1CC1)C1CC1)c1cnc2nc[nH]n2c1=O.